The van der Waals surface area contributed by atoms with Gasteiger partial charge in [-0.05, 0) is 38.6 Å². The number of nitrogens with zero attached hydrogens (tertiary/aromatic N) is 2. The molecular formula is C22H28N2O5P+. The summed E-state index contributed by atoms with van der Waals surface area (Å²) in [5.41, 5.74) is 2.32. The summed E-state index contributed by atoms with van der Waals surface area (Å²) < 4.78 is 29.9. The number of carbonyl (C=O) groups is 1. The van der Waals surface area contributed by atoms with E-state index >= 15 is 0 Å². The van der Waals surface area contributed by atoms with Crippen LogP contribution >= 0.6 is 7.52 Å². The molecule has 7 nitrogen and oxygen atoms in total. The quantitative estimate of drug-likeness (QED) is 0.352. The lowest BCUT2D eigenvalue weighted by Crippen LogP contribution is -2.29. The number of aryl methyl sites for hydroxylation is 1. The van der Waals surface area contributed by atoms with Crippen LogP contribution in [-0.2, 0) is 13.9 Å². The second-order valence-corrected chi connectivity index (χ2v) is 9.92. The van der Waals surface area contributed by atoms with Crippen LogP contribution in [0.1, 0.15) is 18.9 Å². The predicted molar refractivity (Wildman–Crippen MR) is 118 cm³/mol. The van der Waals surface area contributed by atoms with Crippen molar-refractivity contribution >= 4 is 29.8 Å². The fraction of sp³-hybridized carbons (Fsp3) is 0.364. The smallest absolute Gasteiger partial charge is 0.304 e. The van der Waals surface area contributed by atoms with Gasteiger partial charge in [0.25, 0.3) is 0 Å². The van der Waals surface area contributed by atoms with Crippen molar-refractivity contribution in [2.45, 2.75) is 20.3 Å². The maximum atomic E-state index is 14.3. The number of benzene rings is 2. The van der Waals surface area contributed by atoms with E-state index in [2.05, 4.69) is 0 Å². The monoisotopic (exact) mass is 431 g/mol. The van der Waals surface area contributed by atoms with Crippen molar-refractivity contribution in [1.82, 2.24) is 9.25 Å². The van der Waals surface area contributed by atoms with Gasteiger partial charge in [0.2, 0.25) is 5.36 Å². The Kier molecular flexibility index (Phi) is 6.46. The van der Waals surface area contributed by atoms with Gasteiger partial charge in [-0.3, -0.25) is 9.36 Å². The third-order valence-electron chi connectivity index (χ3n) is 5.03. The molecule has 1 aromatic rings. The Labute approximate surface area is 176 Å². The van der Waals surface area contributed by atoms with Crippen LogP contribution in [0.15, 0.2) is 40.8 Å². The lowest BCUT2D eigenvalue weighted by molar-refractivity contribution is -0.137. The summed E-state index contributed by atoms with van der Waals surface area (Å²) in [5.74, 6) is -0.352. The number of hydrogen-bond acceptors (Lipinski definition) is 4. The van der Waals surface area contributed by atoms with E-state index < -0.39 is 13.5 Å². The van der Waals surface area contributed by atoms with E-state index in [1.807, 2.05) is 62.0 Å². The zero-order valence-electron chi connectivity index (χ0n) is 18.0. The van der Waals surface area contributed by atoms with E-state index in [4.69, 9.17) is 14.0 Å². The fourth-order valence-corrected chi connectivity index (χ4v) is 5.80. The molecule has 0 saturated heterocycles. The van der Waals surface area contributed by atoms with Crippen LogP contribution in [0.5, 0.6) is 0 Å². The molecular weight excluding hydrogens is 403 g/mol. The second-order valence-electron chi connectivity index (χ2n) is 7.49. The summed E-state index contributed by atoms with van der Waals surface area (Å²) in [4.78, 5) is 11.1. The van der Waals surface area contributed by atoms with Crippen LogP contribution in [0.2, 0.25) is 0 Å². The SMILES string of the molecule is CCOP(=O)(c1c2ccc(=[N+](C)C)cc-2oc2cc(C)ccc12)N(C)CCC(=O)O. The normalized spacial score (nSPS) is 13.7. The van der Waals surface area contributed by atoms with Gasteiger partial charge < -0.3 is 14.0 Å². The van der Waals surface area contributed by atoms with Crippen molar-refractivity contribution in [3.05, 3.63) is 47.3 Å². The molecule has 8 heteroatoms. The van der Waals surface area contributed by atoms with Crippen LogP contribution in [-0.4, -0.2) is 50.0 Å². The molecule has 160 valence electrons. The molecule has 1 unspecified atom stereocenters. The number of carboxylic acid groups (broad SMARTS) is 1. The molecule has 1 N–H and O–H groups in total. The first-order valence-corrected chi connectivity index (χ1v) is 11.4. The molecule has 3 rings (SSSR count). The molecule has 1 aliphatic heterocycles. The maximum absolute atomic E-state index is 14.3. The molecule has 0 amide bonds. The Bertz CT molecular complexity index is 1180. The fourth-order valence-electron chi connectivity index (χ4n) is 3.44. The third kappa shape index (κ3) is 4.19. The zero-order chi connectivity index (χ0) is 22.1. The minimum atomic E-state index is -3.57. The average molecular weight is 431 g/mol. The molecule has 30 heavy (non-hydrogen) atoms. The zero-order valence-corrected chi connectivity index (χ0v) is 18.9. The van der Waals surface area contributed by atoms with E-state index in [0.29, 0.717) is 27.6 Å². The molecule has 0 fully saturated rings. The van der Waals surface area contributed by atoms with Gasteiger partial charge in [0.05, 0.1) is 24.4 Å². The highest BCUT2D eigenvalue weighted by Gasteiger charge is 2.37. The summed E-state index contributed by atoms with van der Waals surface area (Å²) in [6, 6.07) is 11.5. The van der Waals surface area contributed by atoms with Gasteiger partial charge in [-0.2, -0.15) is 0 Å². The van der Waals surface area contributed by atoms with Gasteiger partial charge in [0.1, 0.15) is 25.4 Å². The Morgan fingerprint density at radius 3 is 2.60 bits per heavy atom. The van der Waals surface area contributed by atoms with Gasteiger partial charge in [-0.25, -0.2) is 9.25 Å². The molecule has 0 aromatic heterocycles. The molecule has 0 saturated carbocycles. The van der Waals surface area contributed by atoms with E-state index in [1.54, 1.807) is 14.0 Å². The molecule has 1 heterocycles. The largest absolute Gasteiger partial charge is 0.481 e. The van der Waals surface area contributed by atoms with Crippen LogP contribution in [0.25, 0.3) is 22.3 Å². The highest BCUT2D eigenvalue weighted by Crippen LogP contribution is 2.53. The van der Waals surface area contributed by atoms with Crippen molar-refractivity contribution in [1.29, 1.82) is 0 Å². The van der Waals surface area contributed by atoms with Crippen molar-refractivity contribution < 1.29 is 23.4 Å². The maximum Gasteiger partial charge on any atom is 0.304 e. The van der Waals surface area contributed by atoms with E-state index in [0.717, 1.165) is 10.9 Å². The van der Waals surface area contributed by atoms with Crippen molar-refractivity contribution in [2.24, 2.45) is 0 Å². The number of hydrogen-bond donors (Lipinski definition) is 1. The van der Waals surface area contributed by atoms with E-state index in [-0.39, 0.29) is 19.6 Å². The number of rotatable bonds is 7. The van der Waals surface area contributed by atoms with Crippen molar-refractivity contribution in [3.63, 3.8) is 0 Å². The first-order valence-electron chi connectivity index (χ1n) is 9.83. The highest BCUT2D eigenvalue weighted by atomic mass is 31.2. The Hall–Kier alpha value is -2.47. The predicted octanol–water partition coefficient (Wildman–Crippen LogP) is 3.14. The third-order valence-corrected chi connectivity index (χ3v) is 7.79. The summed E-state index contributed by atoms with van der Waals surface area (Å²) in [5, 5.41) is 11.3. The van der Waals surface area contributed by atoms with Gasteiger partial charge in [-0.1, -0.05) is 12.1 Å². The van der Waals surface area contributed by atoms with Crippen LogP contribution in [0.4, 0.5) is 0 Å². The standard InChI is InChI=1S/C22H27N2O5P/c1-6-28-30(27,24(5)12-11-21(25)26)22-17-9-7-15(2)13-19(17)29-20-14-16(23(3)4)8-10-18(20)22/h7-10,13-14H,6,11-12H2,1-5H3/p+1. The Balaban J connectivity index is 2.38. The lowest BCUT2D eigenvalue weighted by Gasteiger charge is -2.30. The second kappa shape index (κ2) is 8.72. The van der Waals surface area contributed by atoms with Gasteiger partial charge in [-0.15, -0.1) is 0 Å². The summed E-state index contributed by atoms with van der Waals surface area (Å²) >= 11 is 0. The topological polar surface area (TPSA) is 83.0 Å². The highest BCUT2D eigenvalue weighted by molar-refractivity contribution is 7.65. The molecule has 0 radical (unpaired) electrons. The average Bonchev–Trinajstić information content (AvgIpc) is 2.69. The van der Waals surface area contributed by atoms with E-state index in [9.17, 15) is 9.36 Å². The van der Waals surface area contributed by atoms with Gasteiger partial charge in [0, 0.05) is 23.6 Å². The molecule has 1 aromatic carbocycles. The molecule has 2 aliphatic rings. The van der Waals surface area contributed by atoms with Crippen LogP contribution in [0.3, 0.4) is 0 Å². The molecule has 1 atom stereocenters. The number of carboxylic acids is 1. The minimum Gasteiger partial charge on any atom is -0.481 e. The number of aliphatic carboxylic acids is 1. The summed E-state index contributed by atoms with van der Waals surface area (Å²) in [6.07, 6.45) is -0.134. The van der Waals surface area contributed by atoms with Crippen molar-refractivity contribution in [2.75, 3.05) is 34.3 Å². The summed E-state index contributed by atoms with van der Waals surface area (Å²) in [7, 11) is 1.96. The Morgan fingerprint density at radius 1 is 1.23 bits per heavy atom. The first-order chi connectivity index (χ1) is 14.2. The first kappa shape index (κ1) is 22.2. The molecule has 1 aliphatic carbocycles. The molecule has 0 bridgehead atoms. The van der Waals surface area contributed by atoms with Gasteiger partial charge in [0.15, 0.2) is 0 Å². The Morgan fingerprint density at radius 2 is 1.97 bits per heavy atom. The number of fused-ring (bicyclic) bond motifs is 2. The molecule has 0 spiro atoms. The van der Waals surface area contributed by atoms with E-state index in [1.165, 1.54) is 4.67 Å². The van der Waals surface area contributed by atoms with Crippen molar-refractivity contribution in [3.8, 4) is 11.3 Å². The summed E-state index contributed by atoms with van der Waals surface area (Å²) in [6.45, 7) is 4.08. The lowest BCUT2D eigenvalue weighted by atomic mass is 10.1. The van der Waals surface area contributed by atoms with Gasteiger partial charge >= 0.3 is 13.5 Å². The van der Waals surface area contributed by atoms with Crippen LogP contribution < -0.4 is 15.2 Å². The van der Waals surface area contributed by atoms with Crippen LogP contribution in [0, 0.1) is 6.92 Å². The minimum absolute atomic E-state index is 0.100.